The van der Waals surface area contributed by atoms with Crippen LogP contribution >= 0.6 is 0 Å². The number of unbranched alkanes of at least 4 members (excludes halogenated alkanes) is 35. The number of esters is 3. The fraction of sp³-hybridized carbons (Fsp3) is 0.944. The normalized spacial score (nSPS) is 12.4. The first kappa shape index (κ1) is 58.4. The van der Waals surface area contributed by atoms with Gasteiger partial charge in [0.05, 0.1) is 0 Å². The lowest BCUT2D eigenvalue weighted by Gasteiger charge is -2.18. The SMILES string of the molecule is CCCCCCCCCCCCCCCCCCCC(=O)O[C@@H](COC(=O)CCCCCCCCC)COC(=O)CCCCCCCCCCCCCCCCC(C)CC. The molecule has 60 heavy (non-hydrogen) atoms. The number of hydrogen-bond donors (Lipinski definition) is 0. The van der Waals surface area contributed by atoms with Crippen LogP contribution in [0.15, 0.2) is 0 Å². The summed E-state index contributed by atoms with van der Waals surface area (Å²) in [6.45, 7) is 9.04. The van der Waals surface area contributed by atoms with Crippen molar-refractivity contribution < 1.29 is 28.6 Å². The summed E-state index contributed by atoms with van der Waals surface area (Å²) in [5.74, 6) is 0.0473. The van der Waals surface area contributed by atoms with Gasteiger partial charge in [-0.15, -0.1) is 0 Å². The molecule has 0 amide bonds. The molecule has 6 nitrogen and oxygen atoms in total. The Morgan fingerprint density at radius 3 is 0.867 bits per heavy atom. The molecule has 0 saturated heterocycles. The van der Waals surface area contributed by atoms with E-state index in [0.717, 1.165) is 63.7 Å². The first-order valence-electron chi connectivity index (χ1n) is 26.9. The van der Waals surface area contributed by atoms with Gasteiger partial charge in [0, 0.05) is 19.3 Å². The lowest BCUT2D eigenvalue weighted by Crippen LogP contribution is -2.30. The minimum atomic E-state index is -0.760. The molecule has 6 heteroatoms. The van der Waals surface area contributed by atoms with E-state index in [1.807, 2.05) is 0 Å². The van der Waals surface area contributed by atoms with Crippen molar-refractivity contribution in [1.82, 2.24) is 0 Å². The van der Waals surface area contributed by atoms with Crippen LogP contribution < -0.4 is 0 Å². The van der Waals surface area contributed by atoms with Gasteiger partial charge in [0.15, 0.2) is 6.10 Å². The Labute approximate surface area is 374 Å². The summed E-state index contributed by atoms with van der Waals surface area (Å²) in [4.78, 5) is 37.8. The number of carbonyl (C=O) groups is 3. The molecular formula is C54H104O6. The van der Waals surface area contributed by atoms with E-state index >= 15 is 0 Å². The van der Waals surface area contributed by atoms with E-state index in [4.69, 9.17) is 14.2 Å². The van der Waals surface area contributed by atoms with Crippen LogP contribution in [0.4, 0.5) is 0 Å². The van der Waals surface area contributed by atoms with Crippen molar-refractivity contribution in [2.45, 2.75) is 310 Å². The third kappa shape index (κ3) is 45.9. The number of hydrogen-bond acceptors (Lipinski definition) is 6. The summed E-state index contributed by atoms with van der Waals surface area (Å²) in [6, 6.07) is 0. The largest absolute Gasteiger partial charge is 0.462 e. The van der Waals surface area contributed by atoms with Crippen LogP contribution in [0.3, 0.4) is 0 Å². The van der Waals surface area contributed by atoms with Crippen molar-refractivity contribution >= 4 is 17.9 Å². The Balaban J connectivity index is 4.17. The summed E-state index contributed by atoms with van der Waals surface area (Å²) in [5.41, 5.74) is 0. The average molecular weight is 849 g/mol. The van der Waals surface area contributed by atoms with Crippen LogP contribution in [0.1, 0.15) is 304 Å². The van der Waals surface area contributed by atoms with Gasteiger partial charge in [0.2, 0.25) is 0 Å². The number of rotatable bonds is 49. The van der Waals surface area contributed by atoms with E-state index in [1.54, 1.807) is 0 Å². The van der Waals surface area contributed by atoms with Gasteiger partial charge >= 0.3 is 17.9 Å². The molecule has 356 valence electrons. The van der Waals surface area contributed by atoms with Crippen molar-refractivity contribution in [3.63, 3.8) is 0 Å². The summed E-state index contributed by atoms with van der Waals surface area (Å²) in [7, 11) is 0. The van der Waals surface area contributed by atoms with Crippen LogP contribution in [-0.4, -0.2) is 37.2 Å². The molecule has 0 bridgehead atoms. The van der Waals surface area contributed by atoms with Gasteiger partial charge in [-0.05, 0) is 25.2 Å². The van der Waals surface area contributed by atoms with Crippen LogP contribution in [0.25, 0.3) is 0 Å². The maximum absolute atomic E-state index is 12.8. The van der Waals surface area contributed by atoms with Crippen molar-refractivity contribution in [2.75, 3.05) is 13.2 Å². The predicted octanol–water partition coefficient (Wildman–Crippen LogP) is 17.5. The fourth-order valence-corrected chi connectivity index (χ4v) is 8.19. The van der Waals surface area contributed by atoms with Gasteiger partial charge < -0.3 is 14.2 Å². The molecule has 0 radical (unpaired) electrons. The number of ether oxygens (including phenoxy) is 3. The number of carbonyl (C=O) groups excluding carboxylic acids is 3. The molecule has 1 unspecified atom stereocenters. The first-order valence-corrected chi connectivity index (χ1v) is 26.9. The van der Waals surface area contributed by atoms with Gasteiger partial charge in [-0.25, -0.2) is 0 Å². The van der Waals surface area contributed by atoms with E-state index in [2.05, 4.69) is 27.7 Å². The monoisotopic (exact) mass is 849 g/mol. The average Bonchev–Trinajstić information content (AvgIpc) is 3.25. The van der Waals surface area contributed by atoms with E-state index in [9.17, 15) is 14.4 Å². The third-order valence-corrected chi connectivity index (χ3v) is 12.7. The zero-order valence-electron chi connectivity index (χ0n) is 40.9. The van der Waals surface area contributed by atoms with Crippen LogP contribution in [0, 0.1) is 5.92 Å². The third-order valence-electron chi connectivity index (χ3n) is 12.7. The van der Waals surface area contributed by atoms with Gasteiger partial charge in [0.25, 0.3) is 0 Å². The lowest BCUT2D eigenvalue weighted by atomic mass is 9.99. The predicted molar refractivity (Wildman–Crippen MR) is 257 cm³/mol. The molecule has 0 spiro atoms. The highest BCUT2D eigenvalue weighted by atomic mass is 16.6. The minimum Gasteiger partial charge on any atom is -0.462 e. The Bertz CT molecular complexity index is 905. The molecule has 0 aliphatic carbocycles. The highest BCUT2D eigenvalue weighted by molar-refractivity contribution is 5.71. The summed E-state index contributed by atoms with van der Waals surface area (Å²) >= 11 is 0. The Morgan fingerprint density at radius 1 is 0.333 bits per heavy atom. The molecule has 0 aliphatic rings. The van der Waals surface area contributed by atoms with Crippen molar-refractivity contribution in [1.29, 1.82) is 0 Å². The molecule has 0 aliphatic heterocycles. The molecule has 0 heterocycles. The van der Waals surface area contributed by atoms with E-state index in [-0.39, 0.29) is 31.1 Å². The quantitative estimate of drug-likeness (QED) is 0.0345. The Morgan fingerprint density at radius 2 is 0.583 bits per heavy atom. The van der Waals surface area contributed by atoms with Gasteiger partial charge in [0.1, 0.15) is 13.2 Å². The van der Waals surface area contributed by atoms with Crippen LogP contribution in [0.2, 0.25) is 0 Å². The van der Waals surface area contributed by atoms with Crippen molar-refractivity contribution in [2.24, 2.45) is 5.92 Å². The molecule has 2 atom stereocenters. The smallest absolute Gasteiger partial charge is 0.306 e. The second-order valence-corrected chi connectivity index (χ2v) is 18.8. The lowest BCUT2D eigenvalue weighted by molar-refractivity contribution is -0.167. The van der Waals surface area contributed by atoms with E-state index < -0.39 is 6.10 Å². The highest BCUT2D eigenvalue weighted by Crippen LogP contribution is 2.18. The first-order chi connectivity index (χ1) is 29.4. The highest BCUT2D eigenvalue weighted by Gasteiger charge is 2.19. The second-order valence-electron chi connectivity index (χ2n) is 18.8. The van der Waals surface area contributed by atoms with Crippen molar-refractivity contribution in [3.8, 4) is 0 Å². The Kier molecular flexibility index (Phi) is 47.2. The molecule has 0 fully saturated rings. The maximum atomic E-state index is 12.8. The maximum Gasteiger partial charge on any atom is 0.306 e. The summed E-state index contributed by atoms with van der Waals surface area (Å²) in [6.07, 6.45) is 51.0. The Hall–Kier alpha value is -1.59. The van der Waals surface area contributed by atoms with Gasteiger partial charge in [-0.3, -0.25) is 14.4 Å². The molecule has 0 aromatic carbocycles. The van der Waals surface area contributed by atoms with Gasteiger partial charge in [-0.1, -0.05) is 265 Å². The van der Waals surface area contributed by atoms with E-state index in [0.29, 0.717) is 19.3 Å². The molecule has 0 saturated carbocycles. The fourth-order valence-electron chi connectivity index (χ4n) is 8.19. The minimum absolute atomic E-state index is 0.0629. The van der Waals surface area contributed by atoms with Crippen LogP contribution in [-0.2, 0) is 28.6 Å². The zero-order chi connectivity index (χ0) is 43.8. The molecule has 0 aromatic heterocycles. The topological polar surface area (TPSA) is 78.9 Å². The van der Waals surface area contributed by atoms with E-state index in [1.165, 1.54) is 199 Å². The summed E-state index contributed by atoms with van der Waals surface area (Å²) in [5, 5.41) is 0. The standard InChI is InChI=1S/C54H104O6/c1-5-8-10-12-14-15-16-17-18-19-20-25-28-31-35-39-43-47-54(57)60-51(48-58-52(55)45-41-37-32-13-11-9-6-2)49-59-53(56)46-42-38-34-30-27-24-22-21-23-26-29-33-36-40-44-50(4)7-3/h50-51H,5-49H2,1-4H3/t50?,51-/m0/s1. The second kappa shape index (κ2) is 48.4. The summed E-state index contributed by atoms with van der Waals surface area (Å²) < 4.78 is 16.8. The van der Waals surface area contributed by atoms with Gasteiger partial charge in [-0.2, -0.15) is 0 Å². The molecule has 0 aromatic rings. The van der Waals surface area contributed by atoms with Crippen molar-refractivity contribution in [3.05, 3.63) is 0 Å². The molecular weight excluding hydrogens is 745 g/mol. The van der Waals surface area contributed by atoms with Crippen LogP contribution in [0.5, 0.6) is 0 Å². The zero-order valence-corrected chi connectivity index (χ0v) is 40.9. The molecule has 0 rings (SSSR count). The molecule has 0 N–H and O–H groups in total.